The van der Waals surface area contributed by atoms with Gasteiger partial charge in [0.1, 0.15) is 18.6 Å². The van der Waals surface area contributed by atoms with Crippen molar-refractivity contribution >= 4 is 0 Å². The minimum atomic E-state index is -4.40. The molecule has 0 spiro atoms. The van der Waals surface area contributed by atoms with Crippen LogP contribution in [0.15, 0.2) is 18.2 Å². The molecule has 8 heteroatoms. The van der Waals surface area contributed by atoms with Crippen molar-refractivity contribution in [2.24, 2.45) is 17.8 Å². The summed E-state index contributed by atoms with van der Waals surface area (Å²) in [5.74, 6) is 1.42. The van der Waals surface area contributed by atoms with Crippen molar-refractivity contribution in [1.29, 1.82) is 0 Å². The van der Waals surface area contributed by atoms with Crippen LogP contribution in [-0.4, -0.2) is 53.1 Å². The van der Waals surface area contributed by atoms with Crippen LogP contribution in [0, 0.1) is 17.8 Å². The standard InChI is InChI=1S/C25H38F3NO4/c1-2-3-4-7-18(30)9-10-19-20-11-16-6-5-8-23(21(16)12-17(20)13-22(19)31)33-14-24(32)29-15-25(26,27)28/h5-6,8,17-20,22,24,29-32H,2-4,7,9-15H2,1H3/t17-,18-,19+,20-,22+,24?/m0/s1. The maximum atomic E-state index is 12.3. The van der Waals surface area contributed by atoms with Crippen LogP contribution in [0.25, 0.3) is 0 Å². The predicted molar refractivity (Wildman–Crippen MR) is 120 cm³/mol. The molecule has 5 nitrogen and oxygen atoms in total. The molecule has 1 unspecified atom stereocenters. The smallest absolute Gasteiger partial charge is 0.401 e. The highest BCUT2D eigenvalue weighted by atomic mass is 19.4. The fourth-order valence-corrected chi connectivity index (χ4v) is 5.56. The molecule has 6 atom stereocenters. The van der Waals surface area contributed by atoms with Gasteiger partial charge in [-0.3, -0.25) is 5.32 Å². The third kappa shape index (κ3) is 7.57. The second kappa shape index (κ2) is 11.9. The lowest BCUT2D eigenvalue weighted by Gasteiger charge is -2.32. The van der Waals surface area contributed by atoms with Gasteiger partial charge in [0, 0.05) is 0 Å². The van der Waals surface area contributed by atoms with Crippen molar-refractivity contribution in [3.05, 3.63) is 29.3 Å². The number of fused-ring (bicyclic) bond motifs is 2. The quantitative estimate of drug-likeness (QED) is 0.273. The summed E-state index contributed by atoms with van der Waals surface area (Å²) in [7, 11) is 0. The summed E-state index contributed by atoms with van der Waals surface area (Å²) >= 11 is 0. The van der Waals surface area contributed by atoms with Crippen molar-refractivity contribution in [3.63, 3.8) is 0 Å². The zero-order valence-corrected chi connectivity index (χ0v) is 19.4. The van der Waals surface area contributed by atoms with Crippen LogP contribution in [0.4, 0.5) is 13.2 Å². The normalized spacial score (nSPS) is 26.5. The zero-order valence-electron chi connectivity index (χ0n) is 19.4. The highest BCUT2D eigenvalue weighted by Crippen LogP contribution is 2.48. The van der Waals surface area contributed by atoms with Gasteiger partial charge in [-0.05, 0) is 73.5 Å². The van der Waals surface area contributed by atoms with Gasteiger partial charge in [0.15, 0.2) is 0 Å². The van der Waals surface area contributed by atoms with Crippen molar-refractivity contribution in [2.75, 3.05) is 13.2 Å². The molecule has 188 valence electrons. The first-order valence-electron chi connectivity index (χ1n) is 12.3. The molecule has 2 aliphatic rings. The van der Waals surface area contributed by atoms with Crippen molar-refractivity contribution in [3.8, 4) is 5.75 Å². The van der Waals surface area contributed by atoms with E-state index in [4.69, 9.17) is 4.74 Å². The maximum absolute atomic E-state index is 12.3. The zero-order chi connectivity index (χ0) is 24.0. The Morgan fingerprint density at radius 2 is 1.94 bits per heavy atom. The van der Waals surface area contributed by atoms with Gasteiger partial charge in [0.25, 0.3) is 0 Å². The van der Waals surface area contributed by atoms with Crippen LogP contribution < -0.4 is 10.1 Å². The molecule has 33 heavy (non-hydrogen) atoms. The second-order valence-corrected chi connectivity index (χ2v) is 9.74. The van der Waals surface area contributed by atoms with E-state index in [0.717, 1.165) is 56.1 Å². The van der Waals surface area contributed by atoms with E-state index >= 15 is 0 Å². The van der Waals surface area contributed by atoms with Gasteiger partial charge in [0.2, 0.25) is 0 Å². The van der Waals surface area contributed by atoms with Gasteiger partial charge in [-0.1, -0.05) is 38.3 Å². The van der Waals surface area contributed by atoms with Gasteiger partial charge in [-0.15, -0.1) is 0 Å². The third-order valence-corrected chi connectivity index (χ3v) is 7.25. The number of ether oxygens (including phenoxy) is 1. The van der Waals surface area contributed by atoms with Crippen LogP contribution in [0.5, 0.6) is 5.75 Å². The third-order valence-electron chi connectivity index (χ3n) is 7.25. The number of hydrogen-bond acceptors (Lipinski definition) is 5. The molecule has 2 aliphatic carbocycles. The van der Waals surface area contributed by atoms with E-state index in [-0.39, 0.29) is 24.7 Å². The Balaban J connectivity index is 1.57. The summed E-state index contributed by atoms with van der Waals surface area (Å²) in [4.78, 5) is 0. The van der Waals surface area contributed by atoms with E-state index in [2.05, 4.69) is 6.92 Å². The van der Waals surface area contributed by atoms with Gasteiger partial charge in [0.05, 0.1) is 18.8 Å². The molecule has 0 saturated heterocycles. The van der Waals surface area contributed by atoms with E-state index in [1.165, 1.54) is 0 Å². The summed E-state index contributed by atoms with van der Waals surface area (Å²) in [6.45, 7) is 0.592. The van der Waals surface area contributed by atoms with Crippen molar-refractivity contribution in [1.82, 2.24) is 5.32 Å². The predicted octanol–water partition coefficient (Wildman–Crippen LogP) is 3.97. The highest BCUT2D eigenvalue weighted by Gasteiger charge is 2.44. The maximum Gasteiger partial charge on any atom is 0.401 e. The van der Waals surface area contributed by atoms with Crippen LogP contribution >= 0.6 is 0 Å². The first kappa shape index (κ1) is 26.3. The Kier molecular flexibility index (Phi) is 9.44. The first-order chi connectivity index (χ1) is 15.7. The number of aliphatic hydroxyl groups is 3. The summed E-state index contributed by atoms with van der Waals surface area (Å²) in [5.41, 5.74) is 2.16. The summed E-state index contributed by atoms with van der Waals surface area (Å²) < 4.78 is 42.6. The van der Waals surface area contributed by atoms with E-state index in [0.29, 0.717) is 30.4 Å². The number of nitrogens with one attached hydrogen (secondary N) is 1. The molecule has 0 amide bonds. The van der Waals surface area contributed by atoms with E-state index in [9.17, 15) is 28.5 Å². The second-order valence-electron chi connectivity index (χ2n) is 9.74. The Hall–Kier alpha value is -1.35. The fourth-order valence-electron chi connectivity index (χ4n) is 5.56. The number of unbranched alkanes of at least 4 members (excludes halogenated alkanes) is 2. The molecule has 0 aromatic heterocycles. The van der Waals surface area contributed by atoms with Crippen LogP contribution in [0.2, 0.25) is 0 Å². The molecule has 0 radical (unpaired) electrons. The number of halogens is 3. The summed E-state index contributed by atoms with van der Waals surface area (Å²) in [5, 5.41) is 32.9. The molecule has 1 saturated carbocycles. The number of alkyl halides is 3. The minimum Gasteiger partial charge on any atom is -0.489 e. The largest absolute Gasteiger partial charge is 0.489 e. The van der Waals surface area contributed by atoms with Crippen LogP contribution in [-0.2, 0) is 12.8 Å². The van der Waals surface area contributed by atoms with Gasteiger partial charge in [-0.2, -0.15) is 13.2 Å². The average molecular weight is 474 g/mol. The molecular formula is C25H38F3NO4. The van der Waals surface area contributed by atoms with E-state index in [1.54, 1.807) is 6.07 Å². The van der Waals surface area contributed by atoms with Gasteiger partial charge >= 0.3 is 6.18 Å². The lowest BCUT2D eigenvalue weighted by molar-refractivity contribution is -0.132. The molecule has 1 aromatic carbocycles. The number of rotatable bonds is 12. The first-order valence-corrected chi connectivity index (χ1v) is 12.3. The topological polar surface area (TPSA) is 82.0 Å². The lowest BCUT2D eigenvalue weighted by Crippen LogP contribution is -2.40. The van der Waals surface area contributed by atoms with Gasteiger partial charge < -0.3 is 20.1 Å². The van der Waals surface area contributed by atoms with Crippen LogP contribution in [0.1, 0.15) is 63.0 Å². The molecular weight excluding hydrogens is 435 g/mol. The number of benzene rings is 1. The SMILES string of the molecule is CCCCC[C@H](O)CC[C@@H]1[C@H]2Cc3cccc(OCC(O)NCC(F)(F)F)c3C[C@H]2C[C@H]1O. The Morgan fingerprint density at radius 1 is 1.15 bits per heavy atom. The molecule has 0 heterocycles. The lowest BCUT2D eigenvalue weighted by atomic mass is 9.73. The van der Waals surface area contributed by atoms with Gasteiger partial charge in [-0.25, -0.2) is 0 Å². The molecule has 3 rings (SSSR count). The number of aliphatic hydroxyl groups excluding tert-OH is 3. The van der Waals surface area contributed by atoms with Crippen LogP contribution in [0.3, 0.4) is 0 Å². The molecule has 1 aromatic rings. The minimum absolute atomic E-state index is 0.168. The fraction of sp³-hybridized carbons (Fsp3) is 0.760. The Labute approximate surface area is 194 Å². The van der Waals surface area contributed by atoms with Crippen molar-refractivity contribution < 1.29 is 33.2 Å². The molecule has 4 N–H and O–H groups in total. The monoisotopic (exact) mass is 473 g/mol. The summed E-state index contributed by atoms with van der Waals surface area (Å²) in [6, 6.07) is 5.69. The number of hydrogen-bond donors (Lipinski definition) is 4. The van der Waals surface area contributed by atoms with E-state index < -0.39 is 18.9 Å². The van der Waals surface area contributed by atoms with E-state index in [1.807, 2.05) is 17.4 Å². The van der Waals surface area contributed by atoms with Crippen molar-refractivity contribution in [2.45, 2.75) is 89.3 Å². The Morgan fingerprint density at radius 3 is 2.67 bits per heavy atom. The molecule has 0 aliphatic heterocycles. The average Bonchev–Trinajstić information content (AvgIpc) is 3.06. The summed E-state index contributed by atoms with van der Waals surface area (Å²) in [6.07, 6.45) is 1.42. The molecule has 1 fully saturated rings. The Bertz CT molecular complexity index is 745. The molecule has 0 bridgehead atoms. The highest BCUT2D eigenvalue weighted by molar-refractivity contribution is 5.43.